The fourth-order valence-corrected chi connectivity index (χ4v) is 4.40. The van der Waals surface area contributed by atoms with Crippen molar-refractivity contribution in [1.29, 1.82) is 0 Å². The smallest absolute Gasteiger partial charge is 0.263 e. The summed E-state index contributed by atoms with van der Waals surface area (Å²) in [5.74, 6) is 0.452. The molecular weight excluding hydrogens is 352 g/mol. The largest absolute Gasteiger partial charge is 0.338 e. The molecule has 1 fully saturated rings. The molecule has 0 radical (unpaired) electrons. The second-order valence-electron chi connectivity index (χ2n) is 6.00. The van der Waals surface area contributed by atoms with Crippen LogP contribution in [0.3, 0.4) is 0 Å². The number of nitrogens with one attached hydrogen (secondary N) is 1. The maximum absolute atomic E-state index is 12.3. The molecule has 0 spiro atoms. The number of hydrogen-bond acceptors (Lipinski definition) is 5. The number of fused-ring (bicyclic) bond motifs is 1. The lowest BCUT2D eigenvalue weighted by Crippen LogP contribution is -2.36. The molecule has 24 heavy (non-hydrogen) atoms. The fraction of sp³-hybridized carbons (Fsp3) is 0.467. The van der Waals surface area contributed by atoms with Crippen molar-refractivity contribution < 1.29 is 13.2 Å². The highest BCUT2D eigenvalue weighted by Gasteiger charge is 2.33. The van der Waals surface area contributed by atoms with Gasteiger partial charge in [-0.1, -0.05) is 12.1 Å². The molecule has 1 aromatic rings. The minimum absolute atomic E-state index is 0. The van der Waals surface area contributed by atoms with Crippen molar-refractivity contribution in [3.05, 3.63) is 29.8 Å². The predicted molar refractivity (Wildman–Crippen MR) is 93.8 cm³/mol. The van der Waals surface area contributed by atoms with E-state index in [1.165, 1.54) is 6.07 Å². The molecule has 1 amide bonds. The van der Waals surface area contributed by atoms with Gasteiger partial charge in [-0.25, -0.2) is 8.42 Å². The van der Waals surface area contributed by atoms with E-state index in [9.17, 15) is 13.2 Å². The Kier molecular flexibility index (Phi) is 5.52. The molecule has 0 bridgehead atoms. The highest BCUT2D eigenvalue weighted by Crippen LogP contribution is 2.24. The third kappa shape index (κ3) is 3.40. The molecule has 3 rings (SSSR count). The molecule has 2 aliphatic rings. The summed E-state index contributed by atoms with van der Waals surface area (Å²) in [6.07, 6.45) is 0.897. The van der Waals surface area contributed by atoms with E-state index in [0.29, 0.717) is 24.6 Å². The standard InChI is InChI=1S/C15H20N4O3S.ClH/c1-10-6-11(7-16)9-19(10)14(20)8-17-15-12-4-2-3-5-13(12)23(21,22)18-15;/h2-5,10-11H,6-9,16H2,1H3,(H,17,18);1H. The van der Waals surface area contributed by atoms with Crippen molar-refractivity contribution in [2.45, 2.75) is 24.3 Å². The first-order valence-corrected chi connectivity index (χ1v) is 9.07. The van der Waals surface area contributed by atoms with E-state index < -0.39 is 10.0 Å². The van der Waals surface area contributed by atoms with Crippen LogP contribution >= 0.6 is 12.4 Å². The van der Waals surface area contributed by atoms with Gasteiger partial charge < -0.3 is 10.6 Å². The quantitative estimate of drug-likeness (QED) is 0.798. The number of amides is 1. The van der Waals surface area contributed by atoms with Crippen LogP contribution < -0.4 is 10.5 Å². The van der Waals surface area contributed by atoms with Crippen LogP contribution in [0, 0.1) is 5.92 Å². The summed E-state index contributed by atoms with van der Waals surface area (Å²) < 4.78 is 26.4. The lowest BCUT2D eigenvalue weighted by atomic mass is 10.1. The number of rotatable bonds is 3. The number of halogens is 1. The molecule has 0 aliphatic carbocycles. The molecule has 3 N–H and O–H groups in total. The normalized spacial score (nSPS) is 25.9. The lowest BCUT2D eigenvalue weighted by molar-refractivity contribution is -0.130. The number of carbonyl (C=O) groups excluding carboxylic acids is 1. The maximum atomic E-state index is 12.3. The number of nitrogens with zero attached hydrogens (tertiary/aromatic N) is 2. The van der Waals surface area contributed by atoms with Crippen LogP contribution in [-0.2, 0) is 14.8 Å². The molecule has 2 heterocycles. The topological polar surface area (TPSA) is 105 Å². The zero-order valence-corrected chi connectivity index (χ0v) is 14.9. The van der Waals surface area contributed by atoms with Crippen molar-refractivity contribution in [3.63, 3.8) is 0 Å². The minimum atomic E-state index is -3.57. The summed E-state index contributed by atoms with van der Waals surface area (Å²) in [6.45, 7) is 3.13. The fourth-order valence-electron chi connectivity index (χ4n) is 3.15. The molecule has 2 aliphatic heterocycles. The molecule has 0 saturated carbocycles. The first-order valence-electron chi connectivity index (χ1n) is 7.58. The highest BCUT2D eigenvalue weighted by molar-refractivity contribution is 7.90. The summed E-state index contributed by atoms with van der Waals surface area (Å²) in [4.78, 5) is 18.5. The Morgan fingerprint density at radius 3 is 2.79 bits per heavy atom. The number of hydrogen-bond donors (Lipinski definition) is 2. The van der Waals surface area contributed by atoms with E-state index in [0.717, 1.165) is 6.42 Å². The molecule has 7 nitrogen and oxygen atoms in total. The Bertz CT molecular complexity index is 766. The number of amidine groups is 1. The third-order valence-electron chi connectivity index (χ3n) is 4.35. The van der Waals surface area contributed by atoms with Crippen molar-refractivity contribution in [1.82, 2.24) is 9.62 Å². The van der Waals surface area contributed by atoms with Crippen LogP contribution in [0.4, 0.5) is 0 Å². The van der Waals surface area contributed by atoms with Gasteiger partial charge in [0.05, 0.1) is 4.90 Å². The lowest BCUT2D eigenvalue weighted by Gasteiger charge is -2.20. The summed E-state index contributed by atoms with van der Waals surface area (Å²) in [7, 11) is -3.57. The SMILES string of the molecule is CC1CC(CN)CN1C(=O)CN=C1NS(=O)(=O)c2ccccc21.Cl. The van der Waals surface area contributed by atoms with Crippen LogP contribution in [0.2, 0.25) is 0 Å². The number of nitrogens with two attached hydrogens (primary N) is 1. The van der Waals surface area contributed by atoms with E-state index >= 15 is 0 Å². The highest BCUT2D eigenvalue weighted by atomic mass is 35.5. The van der Waals surface area contributed by atoms with Crippen LogP contribution in [0.15, 0.2) is 34.2 Å². The van der Waals surface area contributed by atoms with E-state index in [4.69, 9.17) is 5.73 Å². The van der Waals surface area contributed by atoms with Crippen molar-refractivity contribution in [3.8, 4) is 0 Å². The van der Waals surface area contributed by atoms with Gasteiger partial charge in [-0.3, -0.25) is 14.5 Å². The summed E-state index contributed by atoms with van der Waals surface area (Å²) in [5.41, 5.74) is 6.18. The zero-order chi connectivity index (χ0) is 16.6. The van der Waals surface area contributed by atoms with Crippen LogP contribution in [0.1, 0.15) is 18.9 Å². The summed E-state index contributed by atoms with van der Waals surface area (Å²) >= 11 is 0. The van der Waals surface area contributed by atoms with E-state index in [2.05, 4.69) is 9.71 Å². The van der Waals surface area contributed by atoms with Crippen LogP contribution in [0.25, 0.3) is 0 Å². The Morgan fingerprint density at radius 1 is 1.42 bits per heavy atom. The Labute approximate surface area is 147 Å². The Morgan fingerprint density at radius 2 is 2.12 bits per heavy atom. The molecule has 132 valence electrons. The average Bonchev–Trinajstić information content (AvgIpc) is 3.03. The number of likely N-dealkylation sites (tertiary alicyclic amines) is 1. The van der Waals surface area contributed by atoms with Gasteiger partial charge in [-0.2, -0.15) is 0 Å². The Hall–Kier alpha value is -1.64. The number of benzene rings is 1. The van der Waals surface area contributed by atoms with Crippen LogP contribution in [0.5, 0.6) is 0 Å². The molecule has 1 saturated heterocycles. The van der Waals surface area contributed by atoms with Gasteiger partial charge in [-0.05, 0) is 37.9 Å². The number of aliphatic imine (C=N–C) groups is 1. The second-order valence-corrected chi connectivity index (χ2v) is 7.65. The zero-order valence-electron chi connectivity index (χ0n) is 13.3. The maximum Gasteiger partial charge on any atom is 0.263 e. The van der Waals surface area contributed by atoms with Crippen molar-refractivity contribution in [2.75, 3.05) is 19.6 Å². The molecular formula is C15H21ClN4O3S. The molecule has 0 aromatic heterocycles. The van der Waals surface area contributed by atoms with E-state index in [-0.39, 0.29) is 41.6 Å². The minimum Gasteiger partial charge on any atom is -0.338 e. The summed E-state index contributed by atoms with van der Waals surface area (Å²) in [6, 6.07) is 6.75. The first-order chi connectivity index (χ1) is 10.9. The number of carbonyl (C=O) groups is 1. The van der Waals surface area contributed by atoms with Crippen molar-refractivity contribution in [2.24, 2.45) is 16.6 Å². The summed E-state index contributed by atoms with van der Waals surface area (Å²) in [5, 5.41) is 0. The molecule has 2 unspecified atom stereocenters. The van der Waals surface area contributed by atoms with Gasteiger partial charge in [0.1, 0.15) is 12.4 Å². The van der Waals surface area contributed by atoms with E-state index in [1.54, 1.807) is 23.1 Å². The van der Waals surface area contributed by atoms with E-state index in [1.807, 2.05) is 6.92 Å². The van der Waals surface area contributed by atoms with Gasteiger partial charge in [0, 0.05) is 18.2 Å². The monoisotopic (exact) mass is 372 g/mol. The molecule has 1 aromatic carbocycles. The van der Waals surface area contributed by atoms with Gasteiger partial charge in [0.2, 0.25) is 5.91 Å². The Balaban J connectivity index is 0.00000208. The molecule has 9 heteroatoms. The van der Waals surface area contributed by atoms with Gasteiger partial charge in [-0.15, -0.1) is 12.4 Å². The van der Waals surface area contributed by atoms with Crippen LogP contribution in [-0.4, -0.2) is 50.7 Å². The number of sulfonamides is 1. The van der Waals surface area contributed by atoms with Gasteiger partial charge in [0.25, 0.3) is 10.0 Å². The second kappa shape index (κ2) is 7.08. The predicted octanol–water partition coefficient (Wildman–Crippen LogP) is 0.343. The van der Waals surface area contributed by atoms with Gasteiger partial charge >= 0.3 is 0 Å². The first kappa shape index (κ1) is 18.7. The van der Waals surface area contributed by atoms with Gasteiger partial charge in [0.15, 0.2) is 0 Å². The average molecular weight is 373 g/mol. The third-order valence-corrected chi connectivity index (χ3v) is 5.75. The van der Waals surface area contributed by atoms with Crippen molar-refractivity contribution >= 4 is 34.2 Å². The molecule has 2 atom stereocenters.